The summed E-state index contributed by atoms with van der Waals surface area (Å²) in [6, 6.07) is 42.7. The lowest BCUT2D eigenvalue weighted by Crippen LogP contribution is -2.20. The highest BCUT2D eigenvalue weighted by Crippen LogP contribution is 2.24. The molecule has 42 heavy (non-hydrogen) atoms. The molecule has 0 bridgehead atoms. The average molecular weight is 553 g/mol. The van der Waals surface area contributed by atoms with E-state index in [-0.39, 0.29) is 25.0 Å². The average Bonchev–Trinajstić information content (AvgIpc) is 3.03. The first-order valence-corrected chi connectivity index (χ1v) is 13.6. The fourth-order valence-electron chi connectivity index (χ4n) is 4.70. The molecule has 0 spiro atoms. The molecule has 0 unspecified atom stereocenters. The van der Waals surface area contributed by atoms with Crippen LogP contribution in [0.3, 0.4) is 0 Å². The third-order valence-corrected chi connectivity index (χ3v) is 6.85. The molecule has 0 radical (unpaired) electrons. The molecular formula is C36H28N2O4. The van der Waals surface area contributed by atoms with Gasteiger partial charge in [-0.1, -0.05) is 84.9 Å². The van der Waals surface area contributed by atoms with E-state index in [1.54, 1.807) is 0 Å². The number of carbonyl (C=O) groups is 2. The monoisotopic (exact) mass is 552 g/mol. The van der Waals surface area contributed by atoms with Crippen LogP contribution >= 0.6 is 0 Å². The van der Waals surface area contributed by atoms with Crippen molar-refractivity contribution in [3.05, 3.63) is 133 Å². The van der Waals surface area contributed by atoms with Crippen LogP contribution in [0.2, 0.25) is 0 Å². The van der Waals surface area contributed by atoms with Crippen LogP contribution in [0, 0.1) is 0 Å². The zero-order chi connectivity index (χ0) is 28.7. The number of amides is 2. The maximum absolute atomic E-state index is 12.4. The summed E-state index contributed by atoms with van der Waals surface area (Å²) in [7, 11) is 0. The van der Waals surface area contributed by atoms with Gasteiger partial charge in [-0.2, -0.15) is 0 Å². The van der Waals surface area contributed by atoms with Crippen molar-refractivity contribution in [1.29, 1.82) is 0 Å². The van der Waals surface area contributed by atoms with Crippen LogP contribution in [0.15, 0.2) is 133 Å². The second kappa shape index (κ2) is 12.3. The molecule has 206 valence electrons. The Kier molecular flexibility index (Phi) is 7.77. The number of fused-ring (bicyclic) bond motifs is 2. The quantitative estimate of drug-likeness (QED) is 0.193. The molecule has 0 saturated heterocycles. The van der Waals surface area contributed by atoms with Crippen LogP contribution in [-0.2, 0) is 9.59 Å². The Hall–Kier alpha value is -5.62. The van der Waals surface area contributed by atoms with E-state index in [9.17, 15) is 9.59 Å². The fraction of sp³-hybridized carbons (Fsp3) is 0.0556. The van der Waals surface area contributed by atoms with Gasteiger partial charge in [0.2, 0.25) is 0 Å². The largest absolute Gasteiger partial charge is 0.484 e. The zero-order valence-corrected chi connectivity index (χ0v) is 22.7. The lowest BCUT2D eigenvalue weighted by molar-refractivity contribution is -0.118. The number of carbonyl (C=O) groups excluding carboxylic acids is 2. The molecule has 0 fully saturated rings. The number of nitrogens with one attached hydrogen (secondary N) is 2. The summed E-state index contributed by atoms with van der Waals surface area (Å²) in [5, 5.41) is 10.1. The second-order valence-electron chi connectivity index (χ2n) is 9.85. The number of hydrogen-bond acceptors (Lipinski definition) is 4. The molecule has 0 aliphatic carbocycles. The molecule has 6 aromatic carbocycles. The van der Waals surface area contributed by atoms with E-state index in [0.29, 0.717) is 22.9 Å². The third kappa shape index (κ3) is 6.57. The summed E-state index contributed by atoms with van der Waals surface area (Å²) >= 11 is 0. The first-order chi connectivity index (χ1) is 20.6. The zero-order valence-electron chi connectivity index (χ0n) is 22.7. The molecule has 0 heterocycles. The molecule has 0 atom stereocenters. The topological polar surface area (TPSA) is 76.7 Å². The number of ether oxygens (including phenoxy) is 2. The SMILES string of the molecule is O=C(COc1ccc2ccccc2c1)Nc1ccc(-c2ccc(NC(=O)COc3ccc4ccccc4c3)cc2)cc1. The third-order valence-electron chi connectivity index (χ3n) is 6.85. The van der Waals surface area contributed by atoms with Gasteiger partial charge in [-0.25, -0.2) is 0 Å². The molecule has 0 aromatic heterocycles. The summed E-state index contributed by atoms with van der Waals surface area (Å²) < 4.78 is 11.4. The number of anilines is 2. The Balaban J connectivity index is 0.980. The van der Waals surface area contributed by atoms with Gasteiger partial charge in [0.1, 0.15) is 11.5 Å². The number of rotatable bonds is 9. The van der Waals surface area contributed by atoms with Crippen LogP contribution in [0.1, 0.15) is 0 Å². The lowest BCUT2D eigenvalue weighted by atomic mass is 10.0. The molecule has 0 saturated carbocycles. The molecule has 2 amide bonds. The summed E-state index contributed by atoms with van der Waals surface area (Å²) in [5.74, 6) is 0.828. The lowest BCUT2D eigenvalue weighted by Gasteiger charge is -2.10. The highest BCUT2D eigenvalue weighted by Gasteiger charge is 2.08. The van der Waals surface area contributed by atoms with Gasteiger partial charge in [-0.3, -0.25) is 9.59 Å². The highest BCUT2D eigenvalue weighted by atomic mass is 16.5. The van der Waals surface area contributed by atoms with Crippen molar-refractivity contribution < 1.29 is 19.1 Å². The van der Waals surface area contributed by atoms with Gasteiger partial charge >= 0.3 is 0 Å². The van der Waals surface area contributed by atoms with E-state index in [1.165, 1.54) is 0 Å². The Labute approximate surface area is 243 Å². The van der Waals surface area contributed by atoms with Crippen LogP contribution in [-0.4, -0.2) is 25.0 Å². The molecule has 6 aromatic rings. The van der Waals surface area contributed by atoms with Crippen molar-refractivity contribution in [2.45, 2.75) is 0 Å². The van der Waals surface area contributed by atoms with Gasteiger partial charge in [-0.15, -0.1) is 0 Å². The van der Waals surface area contributed by atoms with Crippen LogP contribution in [0.5, 0.6) is 11.5 Å². The van der Waals surface area contributed by atoms with Crippen molar-refractivity contribution in [3.63, 3.8) is 0 Å². The summed E-state index contributed by atoms with van der Waals surface area (Å²) in [6.07, 6.45) is 0. The standard InChI is InChI=1S/C36H28N2O4/c39-35(23-41-33-19-13-25-5-1-3-7-29(25)21-33)37-31-15-9-27(10-16-31)28-11-17-32(18-12-28)38-36(40)24-42-34-20-14-26-6-2-4-8-30(26)22-34/h1-22H,23-24H2,(H,37,39)(H,38,40). The van der Waals surface area contributed by atoms with E-state index in [2.05, 4.69) is 10.6 Å². The number of hydrogen-bond donors (Lipinski definition) is 2. The molecular weight excluding hydrogens is 524 g/mol. The van der Waals surface area contributed by atoms with Crippen molar-refractivity contribution in [2.75, 3.05) is 23.8 Å². The second-order valence-corrected chi connectivity index (χ2v) is 9.85. The molecule has 6 rings (SSSR count). The Morgan fingerprint density at radius 3 is 1.24 bits per heavy atom. The van der Waals surface area contributed by atoms with Crippen LogP contribution < -0.4 is 20.1 Å². The molecule has 6 nitrogen and oxygen atoms in total. The van der Waals surface area contributed by atoms with E-state index < -0.39 is 0 Å². The van der Waals surface area contributed by atoms with Crippen molar-refractivity contribution in [1.82, 2.24) is 0 Å². The highest BCUT2D eigenvalue weighted by molar-refractivity contribution is 5.93. The Morgan fingerprint density at radius 2 is 0.833 bits per heavy atom. The van der Waals surface area contributed by atoms with E-state index in [1.807, 2.05) is 133 Å². The Bertz CT molecular complexity index is 1730. The number of benzene rings is 6. The van der Waals surface area contributed by atoms with Crippen molar-refractivity contribution in [3.8, 4) is 22.6 Å². The molecule has 2 N–H and O–H groups in total. The van der Waals surface area contributed by atoms with Gasteiger partial charge in [0.15, 0.2) is 13.2 Å². The van der Waals surface area contributed by atoms with Crippen molar-refractivity contribution in [2.24, 2.45) is 0 Å². The molecule has 0 aliphatic heterocycles. The summed E-state index contributed by atoms with van der Waals surface area (Å²) in [6.45, 7) is -0.166. The summed E-state index contributed by atoms with van der Waals surface area (Å²) in [5.41, 5.74) is 3.33. The van der Waals surface area contributed by atoms with E-state index in [4.69, 9.17) is 9.47 Å². The van der Waals surface area contributed by atoms with E-state index in [0.717, 1.165) is 32.7 Å². The minimum absolute atomic E-state index is 0.0828. The normalized spacial score (nSPS) is 10.8. The predicted octanol–water partition coefficient (Wildman–Crippen LogP) is 7.70. The first-order valence-electron chi connectivity index (χ1n) is 13.6. The minimum atomic E-state index is -0.236. The van der Waals surface area contributed by atoms with Gasteiger partial charge in [-0.05, 0) is 81.2 Å². The van der Waals surface area contributed by atoms with Crippen LogP contribution in [0.4, 0.5) is 11.4 Å². The van der Waals surface area contributed by atoms with Crippen LogP contribution in [0.25, 0.3) is 32.7 Å². The molecule has 6 heteroatoms. The van der Waals surface area contributed by atoms with Gasteiger partial charge in [0.25, 0.3) is 11.8 Å². The first kappa shape index (κ1) is 26.6. The van der Waals surface area contributed by atoms with Gasteiger partial charge in [0.05, 0.1) is 0 Å². The predicted molar refractivity (Wildman–Crippen MR) is 168 cm³/mol. The summed E-state index contributed by atoms with van der Waals surface area (Å²) in [4.78, 5) is 24.9. The maximum atomic E-state index is 12.4. The fourth-order valence-corrected chi connectivity index (χ4v) is 4.70. The van der Waals surface area contributed by atoms with Crippen molar-refractivity contribution >= 4 is 44.7 Å². The molecule has 0 aliphatic rings. The maximum Gasteiger partial charge on any atom is 0.262 e. The Morgan fingerprint density at radius 1 is 0.452 bits per heavy atom. The van der Waals surface area contributed by atoms with Gasteiger partial charge in [0, 0.05) is 11.4 Å². The minimum Gasteiger partial charge on any atom is -0.484 e. The van der Waals surface area contributed by atoms with E-state index >= 15 is 0 Å². The smallest absolute Gasteiger partial charge is 0.262 e. The van der Waals surface area contributed by atoms with Gasteiger partial charge < -0.3 is 20.1 Å².